The van der Waals surface area contributed by atoms with Gasteiger partial charge in [-0.3, -0.25) is 4.72 Å². The van der Waals surface area contributed by atoms with Crippen molar-refractivity contribution >= 4 is 15.7 Å². The molecule has 0 aliphatic carbocycles. The highest BCUT2D eigenvalue weighted by Gasteiger charge is 2.24. The summed E-state index contributed by atoms with van der Waals surface area (Å²) in [4.78, 5) is 0.0441. The summed E-state index contributed by atoms with van der Waals surface area (Å²) in [6, 6.07) is 3.10. The fourth-order valence-electron chi connectivity index (χ4n) is 1.96. The lowest BCUT2D eigenvalue weighted by Gasteiger charge is -2.12. The Hall–Kier alpha value is -2.02. The average molecular weight is 296 g/mol. The van der Waals surface area contributed by atoms with Crippen molar-refractivity contribution in [1.82, 2.24) is 5.16 Å². The molecule has 6 nitrogen and oxygen atoms in total. The Labute approximate surface area is 117 Å². The minimum absolute atomic E-state index is 0.0441. The summed E-state index contributed by atoms with van der Waals surface area (Å²) in [5.41, 5.74) is 1.94. The van der Waals surface area contributed by atoms with Crippen LogP contribution in [0.4, 0.5) is 5.69 Å². The van der Waals surface area contributed by atoms with Crippen LogP contribution in [0.3, 0.4) is 0 Å². The molecule has 108 valence electrons. The van der Waals surface area contributed by atoms with Gasteiger partial charge < -0.3 is 9.63 Å². The Morgan fingerprint density at radius 2 is 1.80 bits per heavy atom. The van der Waals surface area contributed by atoms with E-state index in [2.05, 4.69) is 9.88 Å². The number of sulfonamides is 1. The van der Waals surface area contributed by atoms with E-state index in [-0.39, 0.29) is 16.4 Å². The Balaban J connectivity index is 2.47. The molecular weight excluding hydrogens is 280 g/mol. The molecule has 0 bridgehead atoms. The van der Waals surface area contributed by atoms with Crippen LogP contribution in [-0.2, 0) is 10.0 Å². The minimum Gasteiger partial charge on any atom is -0.508 e. The number of phenolic OH excluding ortho intramolecular Hbond substituents is 1. The molecule has 0 saturated heterocycles. The first-order valence-corrected chi connectivity index (χ1v) is 7.46. The number of aromatic nitrogens is 1. The van der Waals surface area contributed by atoms with Crippen LogP contribution in [0.25, 0.3) is 0 Å². The van der Waals surface area contributed by atoms with Crippen LogP contribution in [0.2, 0.25) is 0 Å². The maximum Gasteiger partial charge on any atom is 0.267 e. The molecule has 0 aliphatic rings. The van der Waals surface area contributed by atoms with Gasteiger partial charge in [-0.15, -0.1) is 0 Å². The topological polar surface area (TPSA) is 92.4 Å². The number of nitrogens with one attached hydrogen (secondary N) is 1. The number of aromatic hydroxyl groups is 1. The van der Waals surface area contributed by atoms with Crippen molar-refractivity contribution in [3.63, 3.8) is 0 Å². The van der Waals surface area contributed by atoms with Gasteiger partial charge in [0.15, 0.2) is 10.7 Å². The molecule has 1 aromatic heterocycles. The normalized spacial score (nSPS) is 11.6. The third-order valence-electron chi connectivity index (χ3n) is 3.02. The summed E-state index contributed by atoms with van der Waals surface area (Å²) in [7, 11) is -3.77. The highest BCUT2D eigenvalue weighted by molar-refractivity contribution is 7.92. The fraction of sp³-hybridized carbons (Fsp3) is 0.308. The Morgan fingerprint density at radius 1 is 1.15 bits per heavy atom. The van der Waals surface area contributed by atoms with Crippen molar-refractivity contribution in [2.24, 2.45) is 0 Å². The molecule has 1 heterocycles. The molecular formula is C13H16N2O4S. The van der Waals surface area contributed by atoms with Crippen molar-refractivity contribution in [1.29, 1.82) is 0 Å². The predicted molar refractivity (Wildman–Crippen MR) is 74.4 cm³/mol. The van der Waals surface area contributed by atoms with Crippen LogP contribution in [0.5, 0.6) is 5.75 Å². The molecule has 7 heteroatoms. The summed E-state index contributed by atoms with van der Waals surface area (Å²) in [6.07, 6.45) is 0. The number of hydrogen-bond donors (Lipinski definition) is 2. The molecule has 1 aromatic carbocycles. The number of rotatable bonds is 3. The summed E-state index contributed by atoms with van der Waals surface area (Å²) in [5.74, 6) is 0.367. The fourth-order valence-corrected chi connectivity index (χ4v) is 3.42. The molecule has 0 amide bonds. The molecule has 0 unspecified atom stereocenters. The quantitative estimate of drug-likeness (QED) is 0.848. The zero-order valence-corrected chi connectivity index (χ0v) is 12.5. The highest BCUT2D eigenvalue weighted by Crippen LogP contribution is 2.28. The lowest BCUT2D eigenvalue weighted by molar-refractivity contribution is 0.390. The summed E-state index contributed by atoms with van der Waals surface area (Å²) in [5, 5.41) is 13.2. The van der Waals surface area contributed by atoms with Crippen molar-refractivity contribution in [3.8, 4) is 5.75 Å². The zero-order chi connectivity index (χ0) is 15.1. The highest BCUT2D eigenvalue weighted by atomic mass is 32.2. The second kappa shape index (κ2) is 4.82. The van der Waals surface area contributed by atoms with Crippen molar-refractivity contribution in [2.75, 3.05) is 4.72 Å². The van der Waals surface area contributed by atoms with Crippen LogP contribution in [0.15, 0.2) is 21.6 Å². The second-order valence-corrected chi connectivity index (χ2v) is 6.33. The van der Waals surface area contributed by atoms with Gasteiger partial charge in [-0.2, -0.15) is 0 Å². The number of benzene rings is 1. The van der Waals surface area contributed by atoms with Crippen molar-refractivity contribution in [2.45, 2.75) is 32.6 Å². The first kappa shape index (κ1) is 14.4. The van der Waals surface area contributed by atoms with Gasteiger partial charge in [0.25, 0.3) is 10.0 Å². The van der Waals surface area contributed by atoms with E-state index in [0.29, 0.717) is 22.5 Å². The molecule has 2 rings (SSSR count). The molecule has 0 spiro atoms. The number of nitrogens with zero attached hydrogens (tertiary/aromatic N) is 1. The van der Waals surface area contributed by atoms with E-state index in [0.717, 1.165) is 0 Å². The van der Waals surface area contributed by atoms with Gasteiger partial charge in [0.05, 0.1) is 5.69 Å². The Kier molecular flexibility index (Phi) is 3.47. The standard InChI is InChI=1S/C13H16N2O4S/c1-7-6-12(16)8(2)5-11(7)15-20(17,18)13-9(3)14-19-10(13)4/h5-6,15-16H,1-4H3. The lowest BCUT2D eigenvalue weighted by atomic mass is 10.1. The number of aryl methyl sites for hydroxylation is 4. The van der Waals surface area contributed by atoms with Crippen LogP contribution in [-0.4, -0.2) is 18.7 Å². The monoisotopic (exact) mass is 296 g/mol. The van der Waals surface area contributed by atoms with E-state index in [9.17, 15) is 13.5 Å². The van der Waals surface area contributed by atoms with Crippen LogP contribution >= 0.6 is 0 Å². The minimum atomic E-state index is -3.77. The van der Waals surface area contributed by atoms with Gasteiger partial charge in [-0.1, -0.05) is 5.16 Å². The average Bonchev–Trinajstić information content (AvgIpc) is 2.66. The molecule has 2 N–H and O–H groups in total. The molecule has 0 radical (unpaired) electrons. The molecule has 0 saturated carbocycles. The van der Waals surface area contributed by atoms with Crippen LogP contribution < -0.4 is 4.72 Å². The molecule has 0 atom stereocenters. The largest absolute Gasteiger partial charge is 0.508 e. The molecule has 0 aliphatic heterocycles. The predicted octanol–water partition coefficient (Wildman–Crippen LogP) is 2.41. The van der Waals surface area contributed by atoms with E-state index in [1.165, 1.54) is 6.07 Å². The van der Waals surface area contributed by atoms with Gasteiger partial charge in [0.2, 0.25) is 0 Å². The summed E-state index contributed by atoms with van der Waals surface area (Å²) < 4.78 is 32.1. The third-order valence-corrected chi connectivity index (χ3v) is 4.63. The molecule has 0 fully saturated rings. The van der Waals surface area contributed by atoms with Crippen molar-refractivity contribution in [3.05, 3.63) is 34.7 Å². The molecule has 20 heavy (non-hydrogen) atoms. The first-order chi connectivity index (χ1) is 9.22. The van der Waals surface area contributed by atoms with E-state index in [1.807, 2.05) is 0 Å². The van der Waals surface area contributed by atoms with Gasteiger partial charge in [0.1, 0.15) is 11.4 Å². The third kappa shape index (κ3) is 2.49. The van der Waals surface area contributed by atoms with E-state index >= 15 is 0 Å². The van der Waals surface area contributed by atoms with Crippen LogP contribution in [0, 0.1) is 27.7 Å². The Morgan fingerprint density at radius 3 is 2.35 bits per heavy atom. The smallest absolute Gasteiger partial charge is 0.267 e. The molecule has 2 aromatic rings. The summed E-state index contributed by atoms with van der Waals surface area (Å²) >= 11 is 0. The number of anilines is 1. The summed E-state index contributed by atoms with van der Waals surface area (Å²) in [6.45, 7) is 6.52. The number of hydrogen-bond acceptors (Lipinski definition) is 5. The van der Waals surface area contributed by atoms with Crippen LogP contribution in [0.1, 0.15) is 22.6 Å². The van der Waals surface area contributed by atoms with E-state index < -0.39 is 10.0 Å². The van der Waals surface area contributed by atoms with Gasteiger partial charge in [-0.25, -0.2) is 8.42 Å². The zero-order valence-electron chi connectivity index (χ0n) is 11.7. The van der Waals surface area contributed by atoms with Gasteiger partial charge in [-0.05, 0) is 51.0 Å². The Bertz CT molecular complexity index is 743. The SMILES string of the molecule is Cc1cc(NS(=O)(=O)c2c(C)noc2C)c(C)cc1O. The van der Waals surface area contributed by atoms with Gasteiger partial charge in [0, 0.05) is 0 Å². The van der Waals surface area contributed by atoms with Gasteiger partial charge >= 0.3 is 0 Å². The maximum atomic E-state index is 12.4. The first-order valence-electron chi connectivity index (χ1n) is 5.98. The lowest BCUT2D eigenvalue weighted by Crippen LogP contribution is -2.15. The van der Waals surface area contributed by atoms with Crippen molar-refractivity contribution < 1.29 is 18.0 Å². The van der Waals surface area contributed by atoms with E-state index in [4.69, 9.17) is 4.52 Å². The van der Waals surface area contributed by atoms with E-state index in [1.54, 1.807) is 33.8 Å². The maximum absolute atomic E-state index is 12.4. The number of phenols is 1. The second-order valence-electron chi connectivity index (χ2n) is 4.71.